The smallest absolute Gasteiger partial charge is 0.283 e. The summed E-state index contributed by atoms with van der Waals surface area (Å²) < 4.78 is 22.2. The van der Waals surface area contributed by atoms with Crippen molar-refractivity contribution >= 4 is 10.8 Å². The topological polar surface area (TPSA) is 87.7 Å². The molecule has 0 atom stereocenters. The molecule has 4 aromatic heterocycles. The van der Waals surface area contributed by atoms with Gasteiger partial charge in [-0.2, -0.15) is 19.2 Å². The number of nitrogens with zero attached hydrogens (tertiary/aromatic N) is 6. The first kappa shape index (κ1) is 16.8. The Hall–Kier alpha value is -3.62. The van der Waals surface area contributed by atoms with E-state index in [2.05, 4.69) is 20.1 Å². The van der Waals surface area contributed by atoms with E-state index in [1.807, 2.05) is 0 Å². The van der Waals surface area contributed by atoms with Gasteiger partial charge < -0.3 is 9.30 Å². The van der Waals surface area contributed by atoms with Crippen LogP contribution < -0.4 is 10.3 Å². The highest BCUT2D eigenvalue weighted by atomic mass is 19.1. The molecule has 136 valence electrons. The third-order valence-electron chi connectivity index (χ3n) is 4.40. The minimum atomic E-state index is -0.694. The van der Waals surface area contributed by atoms with Gasteiger partial charge in [0.05, 0.1) is 18.7 Å². The van der Waals surface area contributed by atoms with E-state index in [9.17, 15) is 9.18 Å². The zero-order valence-corrected chi connectivity index (χ0v) is 14.8. The van der Waals surface area contributed by atoms with E-state index in [1.165, 1.54) is 19.5 Å². The summed E-state index contributed by atoms with van der Waals surface area (Å²) in [5.41, 5.74) is 1.10. The minimum absolute atomic E-state index is 0.173. The average molecular weight is 366 g/mol. The van der Waals surface area contributed by atoms with Crippen LogP contribution in [0.2, 0.25) is 0 Å². The molecule has 8 nitrogen and oxygen atoms in total. The number of ether oxygens (including phenoxy) is 1. The second-order valence-corrected chi connectivity index (χ2v) is 5.87. The number of rotatable bonds is 3. The largest absolute Gasteiger partial charge is 0.481 e. The van der Waals surface area contributed by atoms with Gasteiger partial charge in [-0.1, -0.05) is 0 Å². The molecule has 4 aromatic rings. The molecule has 0 fully saturated rings. The zero-order valence-electron chi connectivity index (χ0n) is 14.8. The summed E-state index contributed by atoms with van der Waals surface area (Å²) in [4.78, 5) is 24.9. The number of aromatic nitrogens is 6. The number of hydrogen-bond acceptors (Lipinski definition) is 6. The molecule has 0 spiro atoms. The average Bonchev–Trinajstić information content (AvgIpc) is 2.94. The second-order valence-electron chi connectivity index (χ2n) is 5.87. The van der Waals surface area contributed by atoms with E-state index in [1.54, 1.807) is 42.8 Å². The van der Waals surface area contributed by atoms with E-state index in [0.717, 1.165) is 4.68 Å². The van der Waals surface area contributed by atoms with Crippen LogP contribution in [-0.4, -0.2) is 36.4 Å². The maximum absolute atomic E-state index is 14.5. The van der Waals surface area contributed by atoms with Crippen LogP contribution in [0.15, 0.2) is 41.6 Å². The van der Waals surface area contributed by atoms with Gasteiger partial charge in [-0.15, -0.1) is 0 Å². The Kier molecular flexibility index (Phi) is 3.91. The van der Waals surface area contributed by atoms with Gasteiger partial charge in [0.1, 0.15) is 5.69 Å². The Morgan fingerprint density at radius 2 is 1.85 bits per heavy atom. The number of methoxy groups -OCH3 is 1. The molecular formula is C18H15FN6O2. The highest BCUT2D eigenvalue weighted by Crippen LogP contribution is 2.27. The molecule has 0 aliphatic carbocycles. The summed E-state index contributed by atoms with van der Waals surface area (Å²) in [7, 11) is 1.42. The van der Waals surface area contributed by atoms with Crippen molar-refractivity contribution < 1.29 is 9.13 Å². The van der Waals surface area contributed by atoms with Crippen molar-refractivity contribution in [3.05, 3.63) is 64.5 Å². The third-order valence-corrected chi connectivity index (χ3v) is 4.40. The van der Waals surface area contributed by atoms with E-state index >= 15 is 0 Å². The van der Waals surface area contributed by atoms with Crippen molar-refractivity contribution in [1.82, 2.24) is 29.3 Å². The first-order valence-electron chi connectivity index (χ1n) is 8.11. The van der Waals surface area contributed by atoms with Crippen molar-refractivity contribution in [1.29, 1.82) is 0 Å². The lowest BCUT2D eigenvalue weighted by atomic mass is 10.2. The molecular weight excluding hydrogens is 351 g/mol. The van der Waals surface area contributed by atoms with Crippen LogP contribution in [0.25, 0.3) is 22.4 Å². The predicted octanol–water partition coefficient (Wildman–Crippen LogP) is 2.13. The normalized spacial score (nSPS) is 11.1. The third kappa shape index (κ3) is 2.55. The van der Waals surface area contributed by atoms with Crippen LogP contribution in [-0.2, 0) is 0 Å². The molecule has 4 rings (SSSR count). The molecule has 0 saturated heterocycles. The fourth-order valence-corrected chi connectivity index (χ4v) is 3.16. The predicted molar refractivity (Wildman–Crippen MR) is 96.0 cm³/mol. The molecule has 9 heteroatoms. The summed E-state index contributed by atoms with van der Waals surface area (Å²) in [5, 5.41) is 5.22. The number of aryl methyl sites for hydroxylation is 2. The summed E-state index contributed by atoms with van der Waals surface area (Å²) >= 11 is 0. The molecule has 0 saturated carbocycles. The number of hydrogen-bond donors (Lipinski definition) is 0. The molecule has 4 heterocycles. The lowest BCUT2D eigenvalue weighted by Crippen LogP contribution is -2.23. The Bertz CT molecular complexity index is 1220. The fraction of sp³-hybridized carbons (Fsp3) is 0.167. The SMILES string of the molecule is COc1ccc(-n2c(C)c3cnn(-c4ncccn4)c(=O)c3c2C)c(F)n1. The van der Waals surface area contributed by atoms with E-state index in [4.69, 9.17) is 4.74 Å². The van der Waals surface area contributed by atoms with Crippen molar-refractivity contribution in [2.45, 2.75) is 13.8 Å². The molecule has 0 aromatic carbocycles. The van der Waals surface area contributed by atoms with Crippen molar-refractivity contribution in [3.63, 3.8) is 0 Å². The second kappa shape index (κ2) is 6.27. The van der Waals surface area contributed by atoms with Crippen molar-refractivity contribution in [2.75, 3.05) is 7.11 Å². The highest BCUT2D eigenvalue weighted by Gasteiger charge is 2.20. The maximum atomic E-state index is 14.5. The monoisotopic (exact) mass is 366 g/mol. The number of halogens is 1. The van der Waals surface area contributed by atoms with Gasteiger partial charge in [0.2, 0.25) is 11.8 Å². The first-order chi connectivity index (χ1) is 13.0. The minimum Gasteiger partial charge on any atom is -0.481 e. The molecule has 0 aliphatic heterocycles. The van der Waals surface area contributed by atoms with Crippen LogP contribution in [0.4, 0.5) is 4.39 Å². The van der Waals surface area contributed by atoms with Gasteiger partial charge >= 0.3 is 0 Å². The molecule has 0 amide bonds. The van der Waals surface area contributed by atoms with E-state index in [-0.39, 0.29) is 23.1 Å². The van der Waals surface area contributed by atoms with Crippen molar-refractivity contribution in [3.8, 4) is 17.5 Å². The highest BCUT2D eigenvalue weighted by molar-refractivity contribution is 5.88. The van der Waals surface area contributed by atoms with Gasteiger partial charge in [0.25, 0.3) is 11.5 Å². The maximum Gasteiger partial charge on any atom is 0.283 e. The van der Waals surface area contributed by atoms with Gasteiger partial charge in [0, 0.05) is 35.2 Å². The van der Waals surface area contributed by atoms with Crippen LogP contribution in [0.1, 0.15) is 11.4 Å². The summed E-state index contributed by atoms with van der Waals surface area (Å²) in [6.45, 7) is 3.54. The molecule has 27 heavy (non-hydrogen) atoms. The molecule has 0 N–H and O–H groups in total. The van der Waals surface area contributed by atoms with Gasteiger partial charge in [-0.25, -0.2) is 9.97 Å². The molecule has 0 aliphatic rings. The fourth-order valence-electron chi connectivity index (χ4n) is 3.16. The van der Waals surface area contributed by atoms with E-state index < -0.39 is 5.95 Å². The Morgan fingerprint density at radius 1 is 1.11 bits per heavy atom. The van der Waals surface area contributed by atoms with Crippen LogP contribution in [0.5, 0.6) is 5.88 Å². The Labute approximate surface area is 152 Å². The van der Waals surface area contributed by atoms with Crippen LogP contribution in [0.3, 0.4) is 0 Å². The summed E-state index contributed by atoms with van der Waals surface area (Å²) in [5.74, 6) is -0.347. The van der Waals surface area contributed by atoms with E-state index in [0.29, 0.717) is 22.2 Å². The quantitative estimate of drug-likeness (QED) is 0.516. The first-order valence-corrected chi connectivity index (χ1v) is 8.11. The zero-order chi connectivity index (χ0) is 19.1. The lowest BCUT2D eigenvalue weighted by Gasteiger charge is -2.10. The van der Waals surface area contributed by atoms with Crippen LogP contribution >= 0.6 is 0 Å². The van der Waals surface area contributed by atoms with Crippen LogP contribution in [0, 0.1) is 19.8 Å². The van der Waals surface area contributed by atoms with Gasteiger partial charge in [-0.3, -0.25) is 4.79 Å². The molecule has 0 radical (unpaired) electrons. The Morgan fingerprint density at radius 3 is 2.52 bits per heavy atom. The molecule has 0 bridgehead atoms. The summed E-state index contributed by atoms with van der Waals surface area (Å²) in [6.07, 6.45) is 4.62. The van der Waals surface area contributed by atoms with Crippen molar-refractivity contribution in [2.24, 2.45) is 0 Å². The molecule has 0 unspecified atom stereocenters. The Balaban J connectivity index is 2.00. The summed E-state index contributed by atoms with van der Waals surface area (Å²) in [6, 6.07) is 4.78. The standard InChI is InChI=1S/C18H15FN6O2/c1-10-12-9-22-25(18-20-7-4-8-21-18)17(26)15(12)11(2)24(10)13-5-6-14(27-3)23-16(13)19/h4-9H,1-3H3. The number of fused-ring (bicyclic) bond motifs is 1. The van der Waals surface area contributed by atoms with Gasteiger partial charge in [-0.05, 0) is 26.0 Å². The van der Waals surface area contributed by atoms with Gasteiger partial charge in [0.15, 0.2) is 0 Å². The lowest BCUT2D eigenvalue weighted by molar-refractivity contribution is 0.387. The number of pyridine rings is 1.